The standard InChI is InChI=1S/C21H29N3O2/c1-17-12-18(5-6-21(17)26-2)15-24-10-9-23(16-20(24)7-11-25)14-19-4-3-8-22-13-19/h3-6,8,12-13,20,25H,7,9-11,14-16H2,1-2H3/t20-/m1/s1. The van der Waals surface area contributed by atoms with Gasteiger partial charge in [-0.05, 0) is 42.2 Å². The molecular weight excluding hydrogens is 326 g/mol. The molecule has 0 bridgehead atoms. The molecule has 26 heavy (non-hydrogen) atoms. The van der Waals surface area contributed by atoms with Crippen LogP contribution in [0.2, 0.25) is 0 Å². The van der Waals surface area contributed by atoms with Crippen LogP contribution in [-0.4, -0.2) is 59.3 Å². The van der Waals surface area contributed by atoms with Crippen molar-refractivity contribution in [3.63, 3.8) is 0 Å². The zero-order valence-electron chi connectivity index (χ0n) is 15.8. The van der Waals surface area contributed by atoms with Gasteiger partial charge < -0.3 is 9.84 Å². The Labute approximate surface area is 156 Å². The van der Waals surface area contributed by atoms with Gasteiger partial charge in [0.2, 0.25) is 0 Å². The molecule has 1 aliphatic rings. The van der Waals surface area contributed by atoms with E-state index >= 15 is 0 Å². The van der Waals surface area contributed by atoms with Crippen LogP contribution in [0.5, 0.6) is 5.75 Å². The minimum Gasteiger partial charge on any atom is -0.496 e. The van der Waals surface area contributed by atoms with Crippen LogP contribution in [0.4, 0.5) is 0 Å². The summed E-state index contributed by atoms with van der Waals surface area (Å²) in [6.07, 6.45) is 4.55. The zero-order chi connectivity index (χ0) is 18.4. The fourth-order valence-electron chi connectivity index (χ4n) is 3.76. The van der Waals surface area contributed by atoms with E-state index in [-0.39, 0.29) is 6.61 Å². The molecule has 3 rings (SSSR count). The van der Waals surface area contributed by atoms with E-state index < -0.39 is 0 Å². The van der Waals surface area contributed by atoms with Gasteiger partial charge in [0, 0.05) is 57.8 Å². The molecule has 1 aliphatic heterocycles. The molecule has 1 N–H and O–H groups in total. The maximum absolute atomic E-state index is 9.52. The summed E-state index contributed by atoms with van der Waals surface area (Å²) < 4.78 is 5.36. The lowest BCUT2D eigenvalue weighted by Crippen LogP contribution is -2.52. The first-order valence-corrected chi connectivity index (χ1v) is 9.29. The van der Waals surface area contributed by atoms with Crippen molar-refractivity contribution in [2.45, 2.75) is 32.5 Å². The molecule has 5 heteroatoms. The van der Waals surface area contributed by atoms with Crippen LogP contribution in [0, 0.1) is 6.92 Å². The maximum atomic E-state index is 9.52. The van der Waals surface area contributed by atoms with Gasteiger partial charge in [0.1, 0.15) is 5.75 Å². The third kappa shape index (κ3) is 4.81. The number of aliphatic hydroxyl groups excluding tert-OH is 1. The van der Waals surface area contributed by atoms with E-state index in [4.69, 9.17) is 4.74 Å². The number of piperazine rings is 1. The Balaban J connectivity index is 1.63. The highest BCUT2D eigenvalue weighted by Gasteiger charge is 2.26. The van der Waals surface area contributed by atoms with Crippen molar-refractivity contribution in [1.29, 1.82) is 0 Å². The topological polar surface area (TPSA) is 48.8 Å². The summed E-state index contributed by atoms with van der Waals surface area (Å²) in [6, 6.07) is 10.9. The molecule has 0 radical (unpaired) electrons. The summed E-state index contributed by atoms with van der Waals surface area (Å²) >= 11 is 0. The Morgan fingerprint density at radius 3 is 2.77 bits per heavy atom. The first kappa shape index (κ1) is 18.8. The van der Waals surface area contributed by atoms with Gasteiger partial charge >= 0.3 is 0 Å². The molecule has 0 spiro atoms. The first-order valence-electron chi connectivity index (χ1n) is 9.29. The van der Waals surface area contributed by atoms with Crippen LogP contribution in [0.1, 0.15) is 23.1 Å². The summed E-state index contributed by atoms with van der Waals surface area (Å²) in [6.45, 7) is 7.16. The number of hydrogen-bond acceptors (Lipinski definition) is 5. The normalized spacial score (nSPS) is 18.8. The zero-order valence-corrected chi connectivity index (χ0v) is 15.8. The number of pyridine rings is 1. The number of nitrogens with zero attached hydrogens (tertiary/aromatic N) is 3. The summed E-state index contributed by atoms with van der Waals surface area (Å²) in [7, 11) is 1.71. The molecule has 0 saturated carbocycles. The molecule has 1 aromatic heterocycles. The molecule has 1 fully saturated rings. The third-order valence-corrected chi connectivity index (χ3v) is 5.13. The summed E-state index contributed by atoms with van der Waals surface area (Å²) in [4.78, 5) is 9.17. The van der Waals surface area contributed by atoms with Crippen LogP contribution in [0.3, 0.4) is 0 Å². The van der Waals surface area contributed by atoms with Crippen molar-refractivity contribution >= 4 is 0 Å². The number of benzene rings is 1. The Morgan fingerprint density at radius 2 is 2.08 bits per heavy atom. The van der Waals surface area contributed by atoms with Gasteiger partial charge in [-0.15, -0.1) is 0 Å². The Bertz CT molecular complexity index is 693. The maximum Gasteiger partial charge on any atom is 0.121 e. The fourth-order valence-corrected chi connectivity index (χ4v) is 3.76. The number of methoxy groups -OCH3 is 1. The van der Waals surface area contributed by atoms with E-state index in [1.165, 1.54) is 16.7 Å². The lowest BCUT2D eigenvalue weighted by molar-refractivity contribution is 0.0499. The predicted octanol–water partition coefficient (Wildman–Crippen LogP) is 2.47. The predicted molar refractivity (Wildman–Crippen MR) is 103 cm³/mol. The average Bonchev–Trinajstić information content (AvgIpc) is 2.65. The smallest absolute Gasteiger partial charge is 0.121 e. The highest BCUT2D eigenvalue weighted by molar-refractivity contribution is 5.36. The van der Waals surface area contributed by atoms with Crippen LogP contribution >= 0.6 is 0 Å². The molecule has 2 aromatic rings. The van der Waals surface area contributed by atoms with Gasteiger partial charge in [-0.3, -0.25) is 14.8 Å². The van der Waals surface area contributed by atoms with Crippen LogP contribution < -0.4 is 4.74 Å². The van der Waals surface area contributed by atoms with Gasteiger partial charge in [-0.25, -0.2) is 0 Å². The number of aryl methyl sites for hydroxylation is 1. The summed E-state index contributed by atoms with van der Waals surface area (Å²) in [5.74, 6) is 0.932. The molecule has 5 nitrogen and oxygen atoms in total. The molecule has 0 aliphatic carbocycles. The molecule has 0 unspecified atom stereocenters. The van der Waals surface area contributed by atoms with E-state index in [2.05, 4.69) is 39.9 Å². The van der Waals surface area contributed by atoms with Crippen LogP contribution in [0.15, 0.2) is 42.7 Å². The van der Waals surface area contributed by atoms with Crippen molar-refractivity contribution in [3.8, 4) is 5.75 Å². The molecule has 1 aromatic carbocycles. The molecule has 0 amide bonds. The number of ether oxygens (including phenoxy) is 1. The van der Waals surface area contributed by atoms with Gasteiger partial charge in [-0.1, -0.05) is 18.2 Å². The number of aliphatic hydroxyl groups is 1. The summed E-state index contributed by atoms with van der Waals surface area (Å²) in [5.41, 5.74) is 3.71. The van der Waals surface area contributed by atoms with Gasteiger partial charge in [0.15, 0.2) is 0 Å². The van der Waals surface area contributed by atoms with Gasteiger partial charge in [-0.2, -0.15) is 0 Å². The van der Waals surface area contributed by atoms with E-state index in [0.29, 0.717) is 6.04 Å². The van der Waals surface area contributed by atoms with E-state index in [1.54, 1.807) is 7.11 Å². The molecule has 1 atom stereocenters. The van der Waals surface area contributed by atoms with Crippen molar-refractivity contribution in [1.82, 2.24) is 14.8 Å². The van der Waals surface area contributed by atoms with Gasteiger partial charge in [0.25, 0.3) is 0 Å². The minimum atomic E-state index is 0.226. The number of aromatic nitrogens is 1. The van der Waals surface area contributed by atoms with Crippen molar-refractivity contribution in [2.24, 2.45) is 0 Å². The first-order chi connectivity index (χ1) is 12.7. The van der Waals surface area contributed by atoms with Crippen LogP contribution in [-0.2, 0) is 13.1 Å². The lowest BCUT2D eigenvalue weighted by Gasteiger charge is -2.41. The highest BCUT2D eigenvalue weighted by atomic mass is 16.5. The molecular formula is C21H29N3O2. The second kappa shape index (κ2) is 9.12. The van der Waals surface area contributed by atoms with E-state index in [0.717, 1.165) is 44.9 Å². The number of hydrogen-bond donors (Lipinski definition) is 1. The second-order valence-electron chi connectivity index (χ2n) is 7.04. The second-order valence-corrected chi connectivity index (χ2v) is 7.04. The number of rotatable bonds is 7. The molecule has 1 saturated heterocycles. The Kier molecular flexibility index (Phi) is 6.61. The quantitative estimate of drug-likeness (QED) is 0.827. The highest BCUT2D eigenvalue weighted by Crippen LogP contribution is 2.22. The van der Waals surface area contributed by atoms with Crippen molar-refractivity contribution < 1.29 is 9.84 Å². The SMILES string of the molecule is COc1ccc(CN2CCN(Cc3cccnc3)C[C@H]2CCO)cc1C. The van der Waals surface area contributed by atoms with E-state index in [1.807, 2.05) is 24.5 Å². The van der Waals surface area contributed by atoms with Crippen molar-refractivity contribution in [3.05, 3.63) is 59.4 Å². The van der Waals surface area contributed by atoms with Crippen LogP contribution in [0.25, 0.3) is 0 Å². The third-order valence-electron chi connectivity index (χ3n) is 5.13. The lowest BCUT2D eigenvalue weighted by atomic mass is 10.0. The minimum absolute atomic E-state index is 0.226. The molecule has 2 heterocycles. The Morgan fingerprint density at radius 1 is 1.19 bits per heavy atom. The van der Waals surface area contributed by atoms with Gasteiger partial charge in [0.05, 0.1) is 7.11 Å². The largest absolute Gasteiger partial charge is 0.496 e. The van der Waals surface area contributed by atoms with Crippen molar-refractivity contribution in [2.75, 3.05) is 33.4 Å². The molecule has 140 valence electrons. The Hall–Kier alpha value is -1.95. The summed E-state index contributed by atoms with van der Waals surface area (Å²) in [5, 5.41) is 9.52. The average molecular weight is 355 g/mol. The monoisotopic (exact) mass is 355 g/mol. The fraction of sp³-hybridized carbons (Fsp3) is 0.476. The van der Waals surface area contributed by atoms with E-state index in [9.17, 15) is 5.11 Å².